The quantitative estimate of drug-likeness (QED) is 0.389. The summed E-state index contributed by atoms with van der Waals surface area (Å²) < 4.78 is 50.3. The normalized spacial score (nSPS) is 12.0. The second-order valence-corrected chi connectivity index (χ2v) is 8.48. The van der Waals surface area contributed by atoms with Crippen molar-refractivity contribution < 1.29 is 32.2 Å². The fourth-order valence-corrected chi connectivity index (χ4v) is 4.15. The fraction of sp³-hybridized carbons (Fsp3) is 0.261. The monoisotopic (exact) mass is 512 g/mol. The average molecular weight is 513 g/mol. The van der Waals surface area contributed by atoms with E-state index < -0.39 is 23.6 Å². The van der Waals surface area contributed by atoms with Crippen LogP contribution in [-0.4, -0.2) is 22.4 Å². The molecule has 0 aliphatic heterocycles. The Kier molecular flexibility index (Phi) is 8.16. The van der Waals surface area contributed by atoms with E-state index in [1.807, 2.05) is 0 Å². The van der Waals surface area contributed by atoms with E-state index in [1.165, 1.54) is 12.1 Å². The molecule has 0 saturated heterocycles. The highest BCUT2D eigenvalue weighted by atomic mass is 35.5. The van der Waals surface area contributed by atoms with E-state index in [4.69, 9.17) is 21.1 Å². The van der Waals surface area contributed by atoms with Gasteiger partial charge in [-0.2, -0.15) is 18.2 Å². The van der Waals surface area contributed by atoms with E-state index in [9.17, 15) is 22.8 Å². The number of amides is 1. The largest absolute Gasteiger partial charge is 0.465 e. The Labute approximate surface area is 202 Å². The zero-order valence-corrected chi connectivity index (χ0v) is 19.8. The molecule has 0 saturated carbocycles. The third-order valence-corrected chi connectivity index (χ3v) is 6.23. The van der Waals surface area contributed by atoms with Gasteiger partial charge in [0.15, 0.2) is 4.67 Å². The van der Waals surface area contributed by atoms with Crippen molar-refractivity contribution >= 4 is 35.0 Å². The molecule has 0 unspecified atom stereocenters. The molecule has 180 valence electrons. The zero-order chi connectivity index (χ0) is 24.9. The lowest BCUT2D eigenvalue weighted by atomic mass is 10.1. The topological polar surface area (TPSA) is 69.9 Å². The van der Waals surface area contributed by atoms with Gasteiger partial charge in [-0.05, 0) is 67.3 Å². The molecule has 1 heterocycles. The Morgan fingerprint density at radius 3 is 2.21 bits per heavy atom. The van der Waals surface area contributed by atoms with Crippen LogP contribution in [0.5, 0.6) is 11.5 Å². The van der Waals surface area contributed by atoms with Crippen LogP contribution in [0.1, 0.15) is 23.7 Å². The van der Waals surface area contributed by atoms with Crippen LogP contribution in [0.3, 0.4) is 0 Å². The van der Waals surface area contributed by atoms with Gasteiger partial charge in [-0.25, -0.2) is 0 Å². The highest BCUT2D eigenvalue weighted by Crippen LogP contribution is 2.31. The molecule has 0 aliphatic carbocycles. The van der Waals surface area contributed by atoms with Gasteiger partial charge >= 0.3 is 12.1 Å². The molecule has 6 nitrogen and oxygen atoms in total. The number of carbonyl (C=O) groups excluding carboxylic acids is 2. The summed E-state index contributed by atoms with van der Waals surface area (Å²) in [6.45, 7) is 3.68. The molecule has 1 amide bonds. The first kappa shape index (κ1) is 25.5. The minimum Gasteiger partial charge on any atom is -0.465 e. The maximum atomic E-state index is 12.7. The number of rotatable bonds is 7. The number of halogens is 4. The summed E-state index contributed by atoms with van der Waals surface area (Å²) in [7, 11) is 0. The van der Waals surface area contributed by atoms with Crippen molar-refractivity contribution in [3.05, 3.63) is 75.0 Å². The number of hydrogen-bond donors (Lipinski definition) is 0. The molecule has 1 aromatic heterocycles. The molecule has 0 N–H and O–H groups in total. The van der Waals surface area contributed by atoms with Gasteiger partial charge in [0.2, 0.25) is 0 Å². The van der Waals surface area contributed by atoms with E-state index in [1.54, 1.807) is 42.1 Å². The number of carbonyl (C=O) groups is 2. The van der Waals surface area contributed by atoms with E-state index in [0.29, 0.717) is 26.7 Å². The molecular formula is C23H20ClF3N2O4S. The van der Waals surface area contributed by atoms with Crippen LogP contribution in [0.2, 0.25) is 5.02 Å². The lowest BCUT2D eigenvalue weighted by Gasteiger charge is -2.09. The maximum absolute atomic E-state index is 12.7. The Balaban J connectivity index is 1.65. The van der Waals surface area contributed by atoms with Crippen molar-refractivity contribution in [3.63, 3.8) is 0 Å². The van der Waals surface area contributed by atoms with Gasteiger partial charge in [0, 0.05) is 5.69 Å². The van der Waals surface area contributed by atoms with Crippen molar-refractivity contribution in [1.82, 2.24) is 3.96 Å². The smallest absolute Gasteiger partial charge is 0.416 e. The van der Waals surface area contributed by atoms with Gasteiger partial charge in [0.1, 0.15) is 18.0 Å². The SMILES string of the molecule is CCOC(=O)Cn1sc(=NC(=O)Cc2ccc(Oc3ccc(C(F)(F)F)cc3)cc2)c(Cl)c1C. The van der Waals surface area contributed by atoms with E-state index >= 15 is 0 Å². The second kappa shape index (κ2) is 10.9. The number of alkyl halides is 3. The predicted molar refractivity (Wildman–Crippen MR) is 121 cm³/mol. The zero-order valence-electron chi connectivity index (χ0n) is 18.2. The van der Waals surface area contributed by atoms with Crippen molar-refractivity contribution in [2.75, 3.05) is 6.61 Å². The molecule has 34 heavy (non-hydrogen) atoms. The number of hydrogen-bond acceptors (Lipinski definition) is 5. The van der Waals surface area contributed by atoms with Crippen LogP contribution < -0.4 is 9.41 Å². The summed E-state index contributed by atoms with van der Waals surface area (Å²) in [6, 6.07) is 10.9. The number of esters is 1. The number of benzene rings is 2. The fourth-order valence-electron chi connectivity index (χ4n) is 2.87. The molecule has 0 spiro atoms. The van der Waals surface area contributed by atoms with Crippen LogP contribution >= 0.6 is 23.1 Å². The molecule has 3 aromatic rings. The predicted octanol–water partition coefficient (Wildman–Crippen LogP) is 5.56. The van der Waals surface area contributed by atoms with E-state index in [-0.39, 0.29) is 25.3 Å². The summed E-state index contributed by atoms with van der Waals surface area (Å²) in [5, 5.41) is 0.294. The van der Waals surface area contributed by atoms with Gasteiger partial charge < -0.3 is 9.47 Å². The Bertz CT molecular complexity index is 1230. The van der Waals surface area contributed by atoms with Crippen LogP contribution in [0.15, 0.2) is 53.5 Å². The van der Waals surface area contributed by atoms with Crippen molar-refractivity contribution in [2.45, 2.75) is 33.0 Å². The van der Waals surface area contributed by atoms with Gasteiger partial charge in [-0.15, -0.1) is 0 Å². The average Bonchev–Trinajstić information content (AvgIpc) is 3.02. The summed E-state index contributed by atoms with van der Waals surface area (Å²) in [5.41, 5.74) is 0.512. The second-order valence-electron chi connectivity index (χ2n) is 7.09. The summed E-state index contributed by atoms with van der Waals surface area (Å²) in [5.74, 6) is -0.177. The first-order valence-corrected chi connectivity index (χ1v) is 11.3. The lowest BCUT2D eigenvalue weighted by molar-refractivity contribution is -0.143. The first-order valence-electron chi connectivity index (χ1n) is 10.1. The number of ether oxygens (including phenoxy) is 2. The summed E-state index contributed by atoms with van der Waals surface area (Å²) in [4.78, 5) is 28.2. The Hall–Kier alpha value is -3.11. The van der Waals surface area contributed by atoms with E-state index in [2.05, 4.69) is 4.99 Å². The highest BCUT2D eigenvalue weighted by Gasteiger charge is 2.30. The van der Waals surface area contributed by atoms with Gasteiger partial charge in [0.25, 0.3) is 5.91 Å². The minimum absolute atomic E-state index is 0.00567. The molecule has 2 aromatic carbocycles. The van der Waals surface area contributed by atoms with Crippen molar-refractivity contribution in [2.24, 2.45) is 4.99 Å². The maximum Gasteiger partial charge on any atom is 0.416 e. The molecule has 0 atom stereocenters. The minimum atomic E-state index is -4.41. The van der Waals surface area contributed by atoms with E-state index in [0.717, 1.165) is 23.7 Å². The molecule has 0 bridgehead atoms. The molecule has 11 heteroatoms. The van der Waals surface area contributed by atoms with Crippen molar-refractivity contribution in [3.8, 4) is 11.5 Å². The van der Waals surface area contributed by atoms with Crippen LogP contribution in [-0.2, 0) is 33.5 Å². The molecule has 0 fully saturated rings. The van der Waals surface area contributed by atoms with Crippen LogP contribution in [0.25, 0.3) is 0 Å². The van der Waals surface area contributed by atoms with Gasteiger partial charge in [-0.3, -0.25) is 13.5 Å². The first-order chi connectivity index (χ1) is 16.1. The van der Waals surface area contributed by atoms with Crippen LogP contribution in [0.4, 0.5) is 13.2 Å². The molecular weight excluding hydrogens is 493 g/mol. The van der Waals surface area contributed by atoms with Gasteiger partial charge in [-0.1, -0.05) is 23.7 Å². The Morgan fingerprint density at radius 1 is 1.06 bits per heavy atom. The van der Waals surface area contributed by atoms with Crippen LogP contribution in [0, 0.1) is 6.92 Å². The lowest BCUT2D eigenvalue weighted by Crippen LogP contribution is -2.12. The third kappa shape index (κ3) is 6.71. The Morgan fingerprint density at radius 2 is 1.65 bits per heavy atom. The summed E-state index contributed by atoms with van der Waals surface area (Å²) >= 11 is 7.36. The number of nitrogens with zero attached hydrogens (tertiary/aromatic N) is 2. The third-order valence-electron chi connectivity index (χ3n) is 4.58. The standard InChI is InChI=1S/C23H20ClF3N2O4S/c1-3-32-20(31)13-29-14(2)21(24)22(34-29)28-19(30)12-15-4-8-17(9-5-15)33-18-10-6-16(7-11-18)23(25,26)27/h4-11H,3,12-13H2,1-2H3. The molecule has 0 aliphatic rings. The summed E-state index contributed by atoms with van der Waals surface area (Å²) in [6.07, 6.45) is -4.41. The van der Waals surface area contributed by atoms with Crippen molar-refractivity contribution in [1.29, 1.82) is 0 Å². The molecule has 3 rings (SSSR count). The van der Waals surface area contributed by atoms with Gasteiger partial charge in [0.05, 0.1) is 23.6 Å². The number of aromatic nitrogens is 1. The molecule has 0 radical (unpaired) electrons. The highest BCUT2D eigenvalue weighted by molar-refractivity contribution is 7.04.